The fourth-order valence-electron chi connectivity index (χ4n) is 5.11. The Morgan fingerprint density at radius 1 is 0.640 bits per heavy atom. The summed E-state index contributed by atoms with van der Waals surface area (Å²) in [7, 11) is 0. The molecule has 1 heterocycles. The minimum Gasteiger partial charge on any atom is -0.429 e. The van der Waals surface area contributed by atoms with Crippen molar-refractivity contribution in [3.63, 3.8) is 0 Å². The molecule has 0 saturated heterocycles. The molecular weight excluding hydrogens is 678 g/mol. The number of aromatic nitrogens is 2. The summed E-state index contributed by atoms with van der Waals surface area (Å²) < 4.78 is 146. The van der Waals surface area contributed by atoms with E-state index in [0.29, 0.717) is 24.3 Å². The molecule has 0 spiro atoms. The predicted octanol–water partition coefficient (Wildman–Crippen LogP) is 11.6. The summed E-state index contributed by atoms with van der Waals surface area (Å²) in [4.78, 5) is 8.20. The molecular formula is C37H26F10N2O. The highest BCUT2D eigenvalue weighted by atomic mass is 19.4. The van der Waals surface area contributed by atoms with Crippen LogP contribution in [0.15, 0.2) is 85.2 Å². The first kappa shape index (κ1) is 36.1. The van der Waals surface area contributed by atoms with Crippen LogP contribution >= 0.6 is 0 Å². The Hall–Kier alpha value is -5.20. The molecule has 0 fully saturated rings. The first-order chi connectivity index (χ1) is 23.6. The van der Waals surface area contributed by atoms with E-state index in [2.05, 4.69) is 21.6 Å². The van der Waals surface area contributed by atoms with Crippen molar-refractivity contribution in [1.29, 1.82) is 0 Å². The van der Waals surface area contributed by atoms with Gasteiger partial charge in [-0.05, 0) is 83.6 Å². The van der Waals surface area contributed by atoms with E-state index in [9.17, 15) is 30.7 Å². The summed E-state index contributed by atoms with van der Waals surface area (Å²) >= 11 is 0. The smallest absolute Gasteiger partial charge is 0.429 e. The molecule has 50 heavy (non-hydrogen) atoms. The van der Waals surface area contributed by atoms with Crippen LogP contribution in [0.3, 0.4) is 0 Å². The van der Waals surface area contributed by atoms with Crippen molar-refractivity contribution in [2.24, 2.45) is 0 Å². The molecule has 13 heteroatoms. The van der Waals surface area contributed by atoms with Gasteiger partial charge < -0.3 is 4.74 Å². The fourth-order valence-corrected chi connectivity index (χ4v) is 5.11. The second kappa shape index (κ2) is 14.7. The quantitative estimate of drug-likeness (QED) is 0.101. The van der Waals surface area contributed by atoms with Crippen LogP contribution in [-0.4, -0.2) is 16.1 Å². The summed E-state index contributed by atoms with van der Waals surface area (Å²) in [5.74, 6) is -7.33. The zero-order chi connectivity index (χ0) is 36.2. The molecule has 0 aliphatic carbocycles. The lowest BCUT2D eigenvalue weighted by Crippen LogP contribution is -2.25. The van der Waals surface area contributed by atoms with Crippen LogP contribution in [-0.2, 0) is 12.5 Å². The van der Waals surface area contributed by atoms with Gasteiger partial charge in [0.25, 0.3) is 0 Å². The van der Waals surface area contributed by atoms with E-state index in [0.717, 1.165) is 49.4 Å². The summed E-state index contributed by atoms with van der Waals surface area (Å²) in [6.45, 7) is 2.06. The zero-order valence-corrected chi connectivity index (χ0v) is 26.1. The summed E-state index contributed by atoms with van der Waals surface area (Å²) in [6.07, 6.45) is -2.65. The highest BCUT2D eigenvalue weighted by Crippen LogP contribution is 2.38. The van der Waals surface area contributed by atoms with Gasteiger partial charge in [0.1, 0.15) is 40.4 Å². The number of alkyl halides is 5. The van der Waals surface area contributed by atoms with Gasteiger partial charge in [0, 0.05) is 35.2 Å². The number of hydrogen-bond acceptors (Lipinski definition) is 3. The molecule has 0 aliphatic heterocycles. The number of ether oxygens (including phenoxy) is 1. The van der Waals surface area contributed by atoms with E-state index in [4.69, 9.17) is 0 Å². The lowest BCUT2D eigenvalue weighted by molar-refractivity contribution is -0.189. The van der Waals surface area contributed by atoms with Crippen molar-refractivity contribution in [2.45, 2.75) is 44.9 Å². The van der Waals surface area contributed by atoms with Gasteiger partial charge in [-0.3, -0.25) is 0 Å². The summed E-state index contributed by atoms with van der Waals surface area (Å²) in [6, 6.07) is 10.9. The average molecular weight is 705 g/mol. The standard InChI is InChI=1S/C37H26F10N2O/c1-2-3-4-5-21-19-48-35(49-20-21)25-17-32(41)34(33(42)18-25)37(46,47)50-26-9-6-22(7-10-26)23-8-11-27(29(38)14-23)24-15-30(39)28(31(40)16-24)12-13-36(43,44)45/h6-20H,2-5H2,1H3. The molecule has 0 radical (unpaired) electrons. The molecule has 4 aromatic carbocycles. The second-order valence-electron chi connectivity index (χ2n) is 11.3. The monoisotopic (exact) mass is 704 g/mol. The van der Waals surface area contributed by atoms with Crippen LogP contribution in [0.5, 0.6) is 5.75 Å². The number of rotatable bonds is 11. The van der Waals surface area contributed by atoms with Gasteiger partial charge in [-0.2, -0.15) is 22.0 Å². The van der Waals surface area contributed by atoms with Crippen molar-refractivity contribution in [3.05, 3.63) is 131 Å². The maximum absolute atomic E-state index is 15.1. The van der Waals surface area contributed by atoms with E-state index in [1.807, 2.05) is 0 Å². The molecule has 0 aliphatic rings. The van der Waals surface area contributed by atoms with Gasteiger partial charge in [0.05, 0.1) is 0 Å². The molecule has 0 unspecified atom stereocenters. The Morgan fingerprint density at radius 2 is 1.20 bits per heavy atom. The molecule has 5 rings (SSSR count). The Kier molecular flexibility index (Phi) is 10.6. The van der Waals surface area contributed by atoms with Crippen LogP contribution in [0.2, 0.25) is 0 Å². The Morgan fingerprint density at radius 3 is 1.76 bits per heavy atom. The predicted molar refractivity (Wildman–Crippen MR) is 167 cm³/mol. The second-order valence-corrected chi connectivity index (χ2v) is 11.3. The van der Waals surface area contributed by atoms with E-state index >= 15 is 13.2 Å². The van der Waals surface area contributed by atoms with Crippen LogP contribution in [0.25, 0.3) is 39.7 Å². The Bertz CT molecular complexity index is 1960. The first-order valence-corrected chi connectivity index (χ1v) is 15.2. The molecule has 0 bridgehead atoms. The maximum Gasteiger partial charge on any atom is 0.432 e. The van der Waals surface area contributed by atoms with Crippen LogP contribution < -0.4 is 4.74 Å². The van der Waals surface area contributed by atoms with E-state index in [1.54, 1.807) is 0 Å². The number of allylic oxidation sites excluding steroid dienone is 1. The highest BCUT2D eigenvalue weighted by Gasteiger charge is 2.41. The minimum absolute atomic E-state index is 0.0487. The van der Waals surface area contributed by atoms with Crippen molar-refractivity contribution in [2.75, 3.05) is 0 Å². The van der Waals surface area contributed by atoms with Crippen LogP contribution in [0.1, 0.15) is 42.9 Å². The number of nitrogens with zero attached hydrogens (tertiary/aromatic N) is 2. The first-order valence-electron chi connectivity index (χ1n) is 15.2. The number of hydrogen-bond donors (Lipinski definition) is 0. The van der Waals surface area contributed by atoms with Gasteiger partial charge in [-0.25, -0.2) is 31.9 Å². The van der Waals surface area contributed by atoms with Crippen molar-refractivity contribution in [3.8, 4) is 39.4 Å². The van der Waals surface area contributed by atoms with Crippen molar-refractivity contribution < 1.29 is 48.6 Å². The molecule has 0 N–H and O–H groups in total. The average Bonchev–Trinajstić information content (AvgIpc) is 3.04. The molecule has 3 nitrogen and oxygen atoms in total. The maximum atomic E-state index is 15.1. The Labute approximate surface area is 279 Å². The largest absolute Gasteiger partial charge is 0.432 e. The SMILES string of the molecule is CCCCCc1cnc(-c2cc(F)c(C(F)(F)Oc3ccc(-c4ccc(-c5cc(F)c(C=CC(F)(F)F)c(F)c5)c(F)c4)cc3)c(F)c2)nc1. The van der Waals surface area contributed by atoms with Crippen LogP contribution in [0, 0.1) is 29.1 Å². The summed E-state index contributed by atoms with van der Waals surface area (Å²) in [5.41, 5.74) is -1.95. The van der Waals surface area contributed by atoms with Gasteiger partial charge in [-0.1, -0.05) is 44.0 Å². The summed E-state index contributed by atoms with van der Waals surface area (Å²) in [5, 5.41) is 0. The minimum atomic E-state index is -4.80. The van der Waals surface area contributed by atoms with Gasteiger partial charge in [0.15, 0.2) is 5.82 Å². The zero-order valence-electron chi connectivity index (χ0n) is 26.1. The topological polar surface area (TPSA) is 35.0 Å². The Balaban J connectivity index is 1.30. The molecule has 0 atom stereocenters. The van der Waals surface area contributed by atoms with E-state index in [-0.39, 0.29) is 45.8 Å². The van der Waals surface area contributed by atoms with Crippen LogP contribution in [0.4, 0.5) is 43.9 Å². The lowest BCUT2D eigenvalue weighted by atomic mass is 9.98. The van der Waals surface area contributed by atoms with Gasteiger partial charge in [0.2, 0.25) is 0 Å². The number of unbranched alkanes of at least 4 members (excludes halogenated alkanes) is 2. The van der Waals surface area contributed by atoms with Gasteiger partial charge >= 0.3 is 12.3 Å². The molecule has 260 valence electrons. The normalized spacial score (nSPS) is 12.1. The van der Waals surface area contributed by atoms with Crippen molar-refractivity contribution >= 4 is 6.08 Å². The third-order valence-electron chi connectivity index (χ3n) is 7.60. The lowest BCUT2D eigenvalue weighted by Gasteiger charge is -2.20. The molecule has 5 aromatic rings. The fraction of sp³-hybridized carbons (Fsp3) is 0.189. The number of aryl methyl sites for hydroxylation is 1. The third kappa shape index (κ3) is 8.50. The molecule has 1 aromatic heterocycles. The number of halogens is 10. The van der Waals surface area contributed by atoms with E-state index < -0.39 is 58.2 Å². The molecule has 0 amide bonds. The van der Waals surface area contributed by atoms with E-state index in [1.165, 1.54) is 36.7 Å². The molecule has 0 saturated carbocycles. The number of benzene rings is 4. The van der Waals surface area contributed by atoms with Crippen molar-refractivity contribution in [1.82, 2.24) is 9.97 Å². The van der Waals surface area contributed by atoms with Gasteiger partial charge in [-0.15, -0.1) is 0 Å². The third-order valence-corrected chi connectivity index (χ3v) is 7.60. The highest BCUT2D eigenvalue weighted by molar-refractivity contribution is 5.72.